The molecule has 0 aliphatic carbocycles. The first kappa shape index (κ1) is 31.5. The predicted octanol–water partition coefficient (Wildman–Crippen LogP) is 7.05. The molecule has 2 aliphatic rings. The Balaban J connectivity index is 1.62. The Labute approximate surface area is 252 Å². The predicted molar refractivity (Wildman–Crippen MR) is 160 cm³/mol. The maximum atomic E-state index is 8.21. The van der Waals surface area contributed by atoms with Crippen LogP contribution >= 0.6 is 34.8 Å². The van der Waals surface area contributed by atoms with Crippen LogP contribution in [0.2, 0.25) is 25.7 Å². The number of hydrogen-bond donors (Lipinski definition) is 1. The molecule has 0 amide bonds. The van der Waals surface area contributed by atoms with Gasteiger partial charge in [-0.25, -0.2) is 0 Å². The van der Waals surface area contributed by atoms with Crippen molar-refractivity contribution in [1.29, 1.82) is 5.41 Å². The lowest BCUT2D eigenvalue weighted by Crippen LogP contribution is -2.64. The van der Waals surface area contributed by atoms with Crippen molar-refractivity contribution in [2.75, 3.05) is 13.2 Å². The second-order valence-electron chi connectivity index (χ2n) is 11.2. The molecule has 0 saturated carbocycles. The summed E-state index contributed by atoms with van der Waals surface area (Å²) in [7, 11) is -1.43. The molecule has 40 heavy (non-hydrogen) atoms. The zero-order valence-electron chi connectivity index (χ0n) is 22.9. The van der Waals surface area contributed by atoms with E-state index in [1.54, 1.807) is 0 Å². The molecule has 2 aromatic rings. The summed E-state index contributed by atoms with van der Waals surface area (Å²) < 4.78 is 35.3. The van der Waals surface area contributed by atoms with Gasteiger partial charge in [-0.15, -0.1) is 0 Å². The fourth-order valence-corrected chi connectivity index (χ4v) is 6.49. The number of halogens is 3. The Hall–Kier alpha value is -1.46. The van der Waals surface area contributed by atoms with Crippen molar-refractivity contribution >= 4 is 48.8 Å². The highest BCUT2D eigenvalue weighted by Crippen LogP contribution is 2.38. The van der Waals surface area contributed by atoms with Gasteiger partial charge in [0.2, 0.25) is 12.2 Å². The third-order valence-electron chi connectivity index (χ3n) is 6.39. The van der Waals surface area contributed by atoms with Crippen molar-refractivity contribution in [2.45, 2.75) is 73.1 Å². The monoisotopic (exact) mass is 627 g/mol. The summed E-state index contributed by atoms with van der Waals surface area (Å²) in [6.45, 7) is 11.8. The minimum atomic E-state index is -2.08. The van der Waals surface area contributed by atoms with Crippen LogP contribution in [0.25, 0.3) is 0 Å². The van der Waals surface area contributed by atoms with E-state index in [-0.39, 0.29) is 13.2 Å². The van der Waals surface area contributed by atoms with Crippen LogP contribution in [0.15, 0.2) is 72.8 Å². The van der Waals surface area contributed by atoms with Gasteiger partial charge >= 0.3 is 0 Å². The number of fused-ring (bicyclic) bond motifs is 1. The number of ether oxygens (including phenoxy) is 6. The van der Waals surface area contributed by atoms with E-state index in [0.717, 1.165) is 22.7 Å². The summed E-state index contributed by atoms with van der Waals surface area (Å²) in [5.74, 6) is -0.586. The van der Waals surface area contributed by atoms with Crippen LogP contribution in [-0.4, -0.2) is 61.7 Å². The molecule has 6 atom stereocenters. The van der Waals surface area contributed by atoms with E-state index in [1.807, 2.05) is 60.7 Å². The topological polar surface area (TPSA) is 79.2 Å². The normalized spacial score (nSPS) is 27.1. The van der Waals surface area contributed by atoms with Gasteiger partial charge in [0.05, 0.1) is 19.8 Å². The van der Waals surface area contributed by atoms with Gasteiger partial charge in [-0.05, 0) is 11.6 Å². The molecule has 11 heteroatoms. The van der Waals surface area contributed by atoms with Gasteiger partial charge in [0.25, 0.3) is 3.79 Å². The Morgan fingerprint density at radius 1 is 0.975 bits per heavy atom. The highest BCUT2D eigenvalue weighted by Gasteiger charge is 2.53. The Morgan fingerprint density at radius 3 is 2.25 bits per heavy atom. The van der Waals surface area contributed by atoms with Crippen molar-refractivity contribution in [3.05, 3.63) is 83.9 Å². The van der Waals surface area contributed by atoms with Gasteiger partial charge in [-0.2, -0.15) is 0 Å². The van der Waals surface area contributed by atoms with Crippen molar-refractivity contribution in [3.63, 3.8) is 0 Å². The molecule has 2 aromatic carbocycles. The lowest BCUT2D eigenvalue weighted by atomic mass is 9.97. The minimum Gasteiger partial charge on any atom is -0.445 e. The van der Waals surface area contributed by atoms with Gasteiger partial charge in [-0.1, -0.05) is 127 Å². The molecule has 7 nitrogen and oxygen atoms in total. The minimum absolute atomic E-state index is 0.200. The lowest BCUT2D eigenvalue weighted by Gasteiger charge is -2.49. The molecule has 2 aliphatic heterocycles. The third-order valence-corrected chi connectivity index (χ3v) is 8.47. The van der Waals surface area contributed by atoms with E-state index < -0.39 is 54.8 Å². The summed E-state index contributed by atoms with van der Waals surface area (Å²) in [5.41, 5.74) is 2.80. The van der Waals surface area contributed by atoms with Crippen LogP contribution in [0, 0.1) is 5.41 Å². The van der Waals surface area contributed by atoms with Gasteiger partial charge in [-0.3, -0.25) is 5.41 Å². The van der Waals surface area contributed by atoms with Crippen LogP contribution in [-0.2, 0) is 35.0 Å². The van der Waals surface area contributed by atoms with Gasteiger partial charge in [0.1, 0.15) is 24.4 Å². The molecule has 2 fully saturated rings. The van der Waals surface area contributed by atoms with E-state index in [2.05, 4.69) is 26.2 Å². The van der Waals surface area contributed by atoms with Crippen molar-refractivity contribution in [2.24, 2.45) is 0 Å². The van der Waals surface area contributed by atoms with Gasteiger partial charge in [0, 0.05) is 13.6 Å². The summed E-state index contributed by atoms with van der Waals surface area (Å²) in [5, 5.41) is 8.21. The first-order valence-electron chi connectivity index (χ1n) is 13.1. The number of benzene rings is 2. The Morgan fingerprint density at radius 2 is 1.62 bits per heavy atom. The van der Waals surface area contributed by atoms with Gasteiger partial charge in [0.15, 0.2) is 6.29 Å². The fraction of sp³-hybridized carbons (Fsp3) is 0.483. The molecule has 2 heterocycles. The van der Waals surface area contributed by atoms with Crippen LogP contribution < -0.4 is 0 Å². The first-order chi connectivity index (χ1) is 18.9. The summed E-state index contributed by atoms with van der Waals surface area (Å²) in [4.78, 5) is 0. The molecular formula is C29H36Cl3NO6Si. The maximum absolute atomic E-state index is 8.21. The molecule has 2 saturated heterocycles. The highest BCUT2D eigenvalue weighted by atomic mass is 35.6. The summed E-state index contributed by atoms with van der Waals surface area (Å²) in [6.07, 6.45) is -4.38. The van der Waals surface area contributed by atoms with Crippen LogP contribution in [0.4, 0.5) is 0 Å². The number of alkyl halides is 3. The van der Waals surface area contributed by atoms with Crippen LogP contribution in [0.3, 0.4) is 0 Å². The number of rotatable bonds is 10. The second-order valence-corrected chi connectivity index (χ2v) is 18.9. The van der Waals surface area contributed by atoms with Crippen molar-refractivity contribution < 1.29 is 28.4 Å². The molecule has 0 aromatic heterocycles. The summed E-state index contributed by atoms with van der Waals surface area (Å²) >= 11 is 17.8. The molecule has 0 bridgehead atoms. The van der Waals surface area contributed by atoms with Crippen LogP contribution in [0.5, 0.6) is 0 Å². The summed E-state index contributed by atoms with van der Waals surface area (Å²) in [6, 6.07) is 20.4. The van der Waals surface area contributed by atoms with E-state index in [0.29, 0.717) is 6.61 Å². The average Bonchev–Trinajstić information content (AvgIpc) is 2.90. The molecule has 0 spiro atoms. The largest absolute Gasteiger partial charge is 0.445 e. The van der Waals surface area contributed by atoms with Gasteiger partial charge < -0.3 is 28.4 Å². The Bertz CT molecular complexity index is 1130. The number of nitrogens with one attached hydrogen (secondary N) is 1. The molecule has 0 radical (unpaired) electrons. The van der Waals surface area contributed by atoms with E-state index in [1.165, 1.54) is 0 Å². The molecular weight excluding hydrogens is 593 g/mol. The van der Waals surface area contributed by atoms with Crippen molar-refractivity contribution in [1.82, 2.24) is 0 Å². The first-order valence-corrected chi connectivity index (χ1v) is 18.0. The zero-order chi connectivity index (χ0) is 28.9. The van der Waals surface area contributed by atoms with Crippen molar-refractivity contribution in [3.8, 4) is 0 Å². The zero-order valence-corrected chi connectivity index (χ0v) is 26.1. The van der Waals surface area contributed by atoms with Crippen LogP contribution in [0.1, 0.15) is 17.4 Å². The number of hydrogen-bond acceptors (Lipinski definition) is 7. The van der Waals surface area contributed by atoms with E-state index in [4.69, 9.17) is 68.6 Å². The molecule has 1 unspecified atom stereocenters. The fourth-order valence-electron chi connectivity index (χ4n) is 4.75. The third kappa shape index (κ3) is 8.77. The standard InChI is InChI=1S/C29H36Cl3NO6Si/c1-19(18-40(2,3)4)15-34-25-24(35-16-20-11-7-5-8-12-20)23-22(37-27(25)39-28(33)29(30,31)32)17-36-26(38-23)21-13-9-6-10-14-21/h5-14,22-27,33H,1,15-18H2,2-4H3/t22-,23-,24+,25+,26?,27-/m1/s1. The second kappa shape index (κ2) is 13.7. The Kier molecular flexibility index (Phi) is 10.8. The quantitative estimate of drug-likeness (QED) is 0.0998. The molecule has 218 valence electrons. The van der Waals surface area contributed by atoms with E-state index >= 15 is 0 Å². The smallest absolute Gasteiger partial charge is 0.265 e. The highest BCUT2D eigenvalue weighted by molar-refractivity contribution is 6.76. The average molecular weight is 629 g/mol. The van der Waals surface area contributed by atoms with E-state index in [9.17, 15) is 0 Å². The molecule has 4 rings (SSSR count). The maximum Gasteiger partial charge on any atom is 0.265 e. The molecule has 1 N–H and O–H groups in total. The lowest BCUT2D eigenvalue weighted by molar-refractivity contribution is -0.361. The SMILES string of the molecule is C=C(CO[C@@H]1[C@@H](OC(=N)C(Cl)(Cl)Cl)O[C@@H]2COC(c3ccccc3)O[C@H]2[C@@H]1OCc1ccccc1)C[Si](C)(C)C.